The molecule has 0 spiro atoms. The van der Waals surface area contributed by atoms with E-state index in [0.717, 1.165) is 12.8 Å². The van der Waals surface area contributed by atoms with E-state index >= 15 is 0 Å². The summed E-state index contributed by atoms with van der Waals surface area (Å²) >= 11 is 0. The Morgan fingerprint density at radius 3 is 2.45 bits per heavy atom. The van der Waals surface area contributed by atoms with Crippen LogP contribution < -0.4 is 0 Å². The van der Waals surface area contributed by atoms with Gasteiger partial charge in [0, 0.05) is 0 Å². The van der Waals surface area contributed by atoms with Crippen molar-refractivity contribution >= 4 is 0 Å². The van der Waals surface area contributed by atoms with Crippen molar-refractivity contribution in [3.05, 3.63) is 0 Å². The lowest BCUT2D eigenvalue weighted by Crippen LogP contribution is -1.94. The molecule has 11 heavy (non-hydrogen) atoms. The third-order valence-corrected chi connectivity index (χ3v) is 1.74. The van der Waals surface area contributed by atoms with Gasteiger partial charge in [-0.1, -0.05) is 38.5 Å². The quantitative estimate of drug-likeness (QED) is 0.409. The molecular weight excluding hydrogens is 139 g/mol. The molecule has 0 rings (SSSR count). The smallest absolute Gasteiger partial charge is 0.160 e. The molecule has 0 aliphatic rings. The van der Waals surface area contributed by atoms with Gasteiger partial charge in [0.15, 0.2) is 6.17 Å². The Balaban J connectivity index is 2.97. The Morgan fingerprint density at radius 1 is 1.27 bits per heavy atom. The third-order valence-electron chi connectivity index (χ3n) is 1.74. The van der Waals surface area contributed by atoms with Crippen molar-refractivity contribution in [3.63, 3.8) is 0 Å². The molecular formula is C10H17F. The Morgan fingerprint density at radius 2 is 1.91 bits per heavy atom. The minimum absolute atomic E-state index is 0.542. The summed E-state index contributed by atoms with van der Waals surface area (Å²) < 4.78 is 12.4. The van der Waals surface area contributed by atoms with E-state index in [2.05, 4.69) is 12.8 Å². The van der Waals surface area contributed by atoms with Crippen LogP contribution in [-0.2, 0) is 0 Å². The Labute approximate surface area is 69.2 Å². The normalized spacial score (nSPS) is 12.5. The number of unbranched alkanes of at least 4 members (excludes halogenated alkanes) is 4. The summed E-state index contributed by atoms with van der Waals surface area (Å²) in [6.07, 6.45) is 10.2. The molecule has 0 radical (unpaired) electrons. The van der Waals surface area contributed by atoms with Gasteiger partial charge in [-0.3, -0.25) is 0 Å². The molecule has 0 saturated carbocycles. The predicted molar refractivity (Wildman–Crippen MR) is 47.1 cm³/mol. The highest BCUT2D eigenvalue weighted by Gasteiger charge is 1.99. The number of rotatable bonds is 6. The zero-order chi connectivity index (χ0) is 8.53. The molecule has 0 aromatic rings. The van der Waals surface area contributed by atoms with Crippen LogP contribution in [0.5, 0.6) is 0 Å². The van der Waals surface area contributed by atoms with Crippen LogP contribution in [0, 0.1) is 12.3 Å². The number of halogens is 1. The molecule has 1 atom stereocenters. The van der Waals surface area contributed by atoms with Gasteiger partial charge in [0.25, 0.3) is 0 Å². The molecule has 0 amide bonds. The van der Waals surface area contributed by atoms with Gasteiger partial charge < -0.3 is 0 Å². The summed E-state index contributed by atoms with van der Waals surface area (Å²) in [5.74, 6) is 2.09. The van der Waals surface area contributed by atoms with E-state index in [4.69, 9.17) is 6.42 Å². The SMILES string of the molecule is C#CC(F)CCCCCCC. The Kier molecular flexibility index (Phi) is 7.24. The molecule has 1 unspecified atom stereocenters. The summed E-state index contributed by atoms with van der Waals surface area (Å²) in [6, 6.07) is 0. The van der Waals surface area contributed by atoms with E-state index < -0.39 is 6.17 Å². The molecule has 0 N–H and O–H groups in total. The van der Waals surface area contributed by atoms with Crippen LogP contribution in [0.15, 0.2) is 0 Å². The molecule has 0 fully saturated rings. The van der Waals surface area contributed by atoms with E-state index in [0.29, 0.717) is 6.42 Å². The van der Waals surface area contributed by atoms with Crippen molar-refractivity contribution in [2.75, 3.05) is 0 Å². The second-order valence-electron chi connectivity index (χ2n) is 2.84. The van der Waals surface area contributed by atoms with Crippen LogP contribution in [0.2, 0.25) is 0 Å². The van der Waals surface area contributed by atoms with Crippen molar-refractivity contribution in [2.45, 2.75) is 51.6 Å². The molecule has 0 aliphatic carbocycles. The maximum absolute atomic E-state index is 12.4. The van der Waals surface area contributed by atoms with Gasteiger partial charge in [-0.2, -0.15) is 0 Å². The second kappa shape index (κ2) is 7.60. The van der Waals surface area contributed by atoms with Crippen LogP contribution in [0.1, 0.15) is 45.4 Å². The first-order valence-electron chi connectivity index (χ1n) is 4.41. The maximum atomic E-state index is 12.4. The van der Waals surface area contributed by atoms with Gasteiger partial charge in [0.1, 0.15) is 0 Å². The van der Waals surface area contributed by atoms with Crippen molar-refractivity contribution in [3.8, 4) is 12.3 Å². The van der Waals surface area contributed by atoms with Crippen molar-refractivity contribution in [1.82, 2.24) is 0 Å². The largest absolute Gasteiger partial charge is 0.233 e. The molecule has 0 heterocycles. The lowest BCUT2D eigenvalue weighted by molar-refractivity contribution is 0.376. The fourth-order valence-electron chi connectivity index (χ4n) is 1.01. The summed E-state index contributed by atoms with van der Waals surface area (Å²) in [5, 5.41) is 0. The zero-order valence-electron chi connectivity index (χ0n) is 7.28. The van der Waals surface area contributed by atoms with E-state index in [-0.39, 0.29) is 0 Å². The highest BCUT2D eigenvalue weighted by molar-refractivity contribution is 4.93. The van der Waals surface area contributed by atoms with Gasteiger partial charge in [0.05, 0.1) is 0 Å². The number of hydrogen-bond acceptors (Lipinski definition) is 0. The summed E-state index contributed by atoms with van der Waals surface area (Å²) in [4.78, 5) is 0. The summed E-state index contributed by atoms with van der Waals surface area (Å²) in [6.45, 7) is 2.17. The van der Waals surface area contributed by atoms with E-state index in [9.17, 15) is 4.39 Å². The standard InChI is InChI=1S/C10H17F/c1-3-5-6-7-8-9-10(11)4-2/h2,10H,3,5-9H2,1H3. The minimum atomic E-state index is -1.02. The van der Waals surface area contributed by atoms with Crippen molar-refractivity contribution in [1.29, 1.82) is 0 Å². The first-order chi connectivity index (χ1) is 5.31. The van der Waals surface area contributed by atoms with Crippen LogP contribution in [0.4, 0.5) is 4.39 Å². The van der Waals surface area contributed by atoms with Crippen LogP contribution >= 0.6 is 0 Å². The van der Waals surface area contributed by atoms with Gasteiger partial charge in [-0.15, -0.1) is 6.42 Å². The molecule has 0 nitrogen and oxygen atoms in total. The number of hydrogen-bond donors (Lipinski definition) is 0. The monoisotopic (exact) mass is 156 g/mol. The number of alkyl halides is 1. The van der Waals surface area contributed by atoms with Crippen LogP contribution in [0.3, 0.4) is 0 Å². The van der Waals surface area contributed by atoms with Crippen LogP contribution in [0.25, 0.3) is 0 Å². The van der Waals surface area contributed by atoms with Crippen molar-refractivity contribution < 1.29 is 4.39 Å². The minimum Gasteiger partial charge on any atom is -0.233 e. The van der Waals surface area contributed by atoms with Crippen molar-refractivity contribution in [2.24, 2.45) is 0 Å². The zero-order valence-corrected chi connectivity index (χ0v) is 7.28. The Bertz CT molecular complexity index is 113. The van der Waals surface area contributed by atoms with Gasteiger partial charge in [-0.25, -0.2) is 4.39 Å². The molecule has 0 aromatic heterocycles. The van der Waals surface area contributed by atoms with E-state index in [1.807, 2.05) is 0 Å². The molecule has 64 valence electrons. The highest BCUT2D eigenvalue weighted by Crippen LogP contribution is 2.08. The molecule has 0 aliphatic heterocycles. The predicted octanol–water partition coefficient (Wildman–Crippen LogP) is 3.32. The fourth-order valence-corrected chi connectivity index (χ4v) is 1.01. The Hall–Kier alpha value is -0.510. The first kappa shape index (κ1) is 10.5. The number of terminal acetylenes is 1. The molecule has 0 saturated heterocycles. The van der Waals surface area contributed by atoms with Crippen LogP contribution in [-0.4, -0.2) is 6.17 Å². The second-order valence-corrected chi connectivity index (χ2v) is 2.84. The lowest BCUT2D eigenvalue weighted by Gasteiger charge is -1.99. The highest BCUT2D eigenvalue weighted by atomic mass is 19.1. The summed E-state index contributed by atoms with van der Waals surface area (Å²) in [5.41, 5.74) is 0. The van der Waals surface area contributed by atoms with Gasteiger partial charge in [-0.05, 0) is 12.8 Å². The summed E-state index contributed by atoms with van der Waals surface area (Å²) in [7, 11) is 0. The molecule has 0 bridgehead atoms. The van der Waals surface area contributed by atoms with E-state index in [1.165, 1.54) is 19.3 Å². The van der Waals surface area contributed by atoms with Gasteiger partial charge in [0.2, 0.25) is 0 Å². The maximum Gasteiger partial charge on any atom is 0.160 e. The fraction of sp³-hybridized carbons (Fsp3) is 0.800. The average molecular weight is 156 g/mol. The molecule has 0 aromatic carbocycles. The topological polar surface area (TPSA) is 0 Å². The first-order valence-corrected chi connectivity index (χ1v) is 4.41. The lowest BCUT2D eigenvalue weighted by atomic mass is 10.1. The van der Waals surface area contributed by atoms with Gasteiger partial charge >= 0.3 is 0 Å². The van der Waals surface area contributed by atoms with E-state index in [1.54, 1.807) is 0 Å². The molecule has 1 heteroatoms. The average Bonchev–Trinajstić information content (AvgIpc) is 2.04. The third kappa shape index (κ3) is 7.39.